The Hall–Kier alpha value is -2.82. The van der Waals surface area contributed by atoms with Crippen LogP contribution in [-0.4, -0.2) is 42.0 Å². The molecule has 2 heterocycles. The number of hydrogen-bond donors (Lipinski definition) is 1. The standard InChI is InChI=1S/C20H24F3N3O5/c1-12(2)9-30-19-26-25-18(31-19)16-8-5-14(10-29-16)24-17(27)11-28-15-6-3-13(4-7-15)20(21,22)23/h3-4,6-7,12,14,16H,5,8-11H2,1-2H3,(H,24,27)/t14-,16+/m1/s1. The molecule has 0 unspecified atom stereocenters. The molecule has 3 rings (SSSR count). The molecule has 0 spiro atoms. The maximum Gasteiger partial charge on any atom is 0.416 e. The minimum Gasteiger partial charge on any atom is -0.484 e. The normalized spacial score (nSPS) is 19.3. The van der Waals surface area contributed by atoms with Crippen molar-refractivity contribution in [2.24, 2.45) is 5.92 Å². The van der Waals surface area contributed by atoms with E-state index in [0.29, 0.717) is 31.3 Å². The van der Waals surface area contributed by atoms with E-state index < -0.39 is 17.6 Å². The number of nitrogens with one attached hydrogen (secondary N) is 1. The third kappa shape index (κ3) is 6.84. The van der Waals surface area contributed by atoms with Gasteiger partial charge in [-0.05, 0) is 43.0 Å². The predicted molar refractivity (Wildman–Crippen MR) is 101 cm³/mol. The zero-order chi connectivity index (χ0) is 22.4. The smallest absolute Gasteiger partial charge is 0.416 e. The number of alkyl halides is 3. The van der Waals surface area contributed by atoms with Gasteiger partial charge >= 0.3 is 12.3 Å². The first-order valence-corrected chi connectivity index (χ1v) is 9.88. The Morgan fingerprint density at radius 3 is 2.55 bits per heavy atom. The lowest BCUT2D eigenvalue weighted by Crippen LogP contribution is -2.43. The summed E-state index contributed by atoms with van der Waals surface area (Å²) >= 11 is 0. The maximum absolute atomic E-state index is 12.6. The second-order valence-corrected chi connectivity index (χ2v) is 7.59. The van der Waals surface area contributed by atoms with Gasteiger partial charge in [0.05, 0.1) is 24.8 Å². The lowest BCUT2D eigenvalue weighted by atomic mass is 10.1. The average Bonchev–Trinajstić information content (AvgIpc) is 3.20. The van der Waals surface area contributed by atoms with Crippen molar-refractivity contribution in [3.63, 3.8) is 0 Å². The van der Waals surface area contributed by atoms with Crippen LogP contribution in [0, 0.1) is 5.92 Å². The second kappa shape index (κ2) is 9.99. The number of hydrogen-bond acceptors (Lipinski definition) is 7. The van der Waals surface area contributed by atoms with E-state index in [1.54, 1.807) is 0 Å². The van der Waals surface area contributed by atoms with Crippen LogP contribution in [0.4, 0.5) is 13.2 Å². The van der Waals surface area contributed by atoms with E-state index in [9.17, 15) is 18.0 Å². The number of carbonyl (C=O) groups is 1. The molecule has 1 amide bonds. The molecule has 2 atom stereocenters. The highest BCUT2D eigenvalue weighted by atomic mass is 19.4. The molecule has 8 nitrogen and oxygen atoms in total. The van der Waals surface area contributed by atoms with E-state index in [2.05, 4.69) is 15.5 Å². The molecule has 11 heteroatoms. The van der Waals surface area contributed by atoms with Crippen molar-refractivity contribution in [1.29, 1.82) is 0 Å². The number of nitrogens with zero attached hydrogens (tertiary/aromatic N) is 2. The van der Waals surface area contributed by atoms with Crippen molar-refractivity contribution in [2.75, 3.05) is 19.8 Å². The third-order valence-electron chi connectivity index (χ3n) is 4.43. The van der Waals surface area contributed by atoms with Gasteiger partial charge in [-0.3, -0.25) is 4.79 Å². The van der Waals surface area contributed by atoms with Gasteiger partial charge in [-0.2, -0.15) is 13.2 Å². The number of aromatic nitrogens is 2. The molecule has 31 heavy (non-hydrogen) atoms. The summed E-state index contributed by atoms with van der Waals surface area (Å²) < 4.78 is 59.5. The highest BCUT2D eigenvalue weighted by Gasteiger charge is 2.30. The number of amides is 1. The fourth-order valence-corrected chi connectivity index (χ4v) is 2.87. The van der Waals surface area contributed by atoms with E-state index >= 15 is 0 Å². The molecule has 1 aliphatic rings. The summed E-state index contributed by atoms with van der Waals surface area (Å²) in [6.07, 6.45) is -3.50. The summed E-state index contributed by atoms with van der Waals surface area (Å²) in [5.41, 5.74) is -0.780. The van der Waals surface area contributed by atoms with E-state index in [4.69, 9.17) is 18.6 Å². The minimum absolute atomic E-state index is 0.100. The number of halogens is 3. The number of benzene rings is 1. The predicted octanol–water partition coefficient (Wildman–Crippen LogP) is 3.54. The van der Waals surface area contributed by atoms with Gasteiger partial charge in [0.2, 0.25) is 5.89 Å². The van der Waals surface area contributed by atoms with Crippen molar-refractivity contribution in [3.05, 3.63) is 35.7 Å². The maximum atomic E-state index is 12.6. The van der Waals surface area contributed by atoms with Gasteiger partial charge in [0.25, 0.3) is 5.91 Å². The van der Waals surface area contributed by atoms with Crippen LogP contribution >= 0.6 is 0 Å². The molecule has 1 saturated heterocycles. The lowest BCUT2D eigenvalue weighted by Gasteiger charge is -2.27. The Balaban J connectivity index is 1.39. The summed E-state index contributed by atoms with van der Waals surface area (Å²) in [6, 6.07) is 3.93. The van der Waals surface area contributed by atoms with E-state index in [1.807, 2.05) is 13.8 Å². The molecule has 0 aliphatic carbocycles. The van der Waals surface area contributed by atoms with E-state index in [1.165, 1.54) is 12.1 Å². The van der Waals surface area contributed by atoms with Crippen molar-refractivity contribution >= 4 is 5.91 Å². The fourth-order valence-electron chi connectivity index (χ4n) is 2.87. The molecule has 0 bridgehead atoms. The van der Waals surface area contributed by atoms with E-state index in [0.717, 1.165) is 12.1 Å². The van der Waals surface area contributed by atoms with Crippen molar-refractivity contribution in [2.45, 2.75) is 45.0 Å². The molecule has 1 aromatic carbocycles. The average molecular weight is 443 g/mol. The van der Waals surface area contributed by atoms with Gasteiger partial charge in [0.1, 0.15) is 11.9 Å². The molecule has 1 aromatic heterocycles. The highest BCUT2D eigenvalue weighted by molar-refractivity contribution is 5.77. The Morgan fingerprint density at radius 2 is 1.94 bits per heavy atom. The third-order valence-corrected chi connectivity index (χ3v) is 4.43. The number of rotatable bonds is 8. The molecule has 0 saturated carbocycles. The van der Waals surface area contributed by atoms with Crippen LogP contribution in [0.25, 0.3) is 0 Å². The van der Waals surface area contributed by atoms with Crippen molar-refractivity contribution in [3.8, 4) is 11.8 Å². The first kappa shape index (κ1) is 22.9. The van der Waals surface area contributed by atoms with Gasteiger partial charge in [0.15, 0.2) is 6.61 Å². The largest absolute Gasteiger partial charge is 0.484 e. The van der Waals surface area contributed by atoms with Crippen LogP contribution in [-0.2, 0) is 15.7 Å². The second-order valence-electron chi connectivity index (χ2n) is 7.59. The summed E-state index contributed by atoms with van der Waals surface area (Å²) in [4.78, 5) is 12.1. The Morgan fingerprint density at radius 1 is 1.19 bits per heavy atom. The number of carbonyl (C=O) groups excluding carboxylic acids is 1. The molecule has 1 aliphatic heterocycles. The quantitative estimate of drug-likeness (QED) is 0.667. The SMILES string of the molecule is CC(C)COc1nnc([C@@H]2CC[C@@H](NC(=O)COc3ccc(C(F)(F)F)cc3)CO2)o1. The minimum atomic E-state index is -4.42. The molecular formula is C20H24F3N3O5. The van der Waals surface area contributed by atoms with Crippen LogP contribution in [0.3, 0.4) is 0 Å². The Labute approximate surface area is 177 Å². The zero-order valence-corrected chi connectivity index (χ0v) is 17.1. The van der Waals surface area contributed by atoms with Crippen molar-refractivity contribution < 1.29 is 36.6 Å². The molecule has 0 radical (unpaired) electrons. The van der Waals surface area contributed by atoms with E-state index in [-0.39, 0.29) is 37.2 Å². The van der Waals surface area contributed by atoms with Crippen LogP contribution in [0.15, 0.2) is 28.7 Å². The summed E-state index contributed by atoms with van der Waals surface area (Å²) in [7, 11) is 0. The van der Waals surface area contributed by atoms with Gasteiger partial charge in [0, 0.05) is 0 Å². The molecule has 170 valence electrons. The molecule has 1 N–H and O–H groups in total. The van der Waals surface area contributed by atoms with Gasteiger partial charge < -0.3 is 23.9 Å². The first-order valence-electron chi connectivity index (χ1n) is 9.88. The Bertz CT molecular complexity index is 846. The summed E-state index contributed by atoms with van der Waals surface area (Å²) in [6.45, 7) is 4.41. The molecular weight excluding hydrogens is 419 g/mol. The van der Waals surface area contributed by atoms with Crippen LogP contribution in [0.2, 0.25) is 0 Å². The van der Waals surface area contributed by atoms with Crippen LogP contribution < -0.4 is 14.8 Å². The molecule has 2 aromatic rings. The van der Waals surface area contributed by atoms with Crippen LogP contribution in [0.5, 0.6) is 11.8 Å². The summed E-state index contributed by atoms with van der Waals surface area (Å²) in [5, 5.41) is 10.6. The Kier molecular flexibility index (Phi) is 7.37. The van der Waals surface area contributed by atoms with Crippen LogP contribution in [0.1, 0.15) is 44.2 Å². The topological polar surface area (TPSA) is 95.7 Å². The number of ether oxygens (including phenoxy) is 3. The zero-order valence-electron chi connectivity index (χ0n) is 17.1. The first-order chi connectivity index (χ1) is 14.7. The summed E-state index contributed by atoms with van der Waals surface area (Å²) in [5.74, 6) is 0.437. The lowest BCUT2D eigenvalue weighted by molar-refractivity contribution is -0.137. The molecule has 1 fully saturated rings. The van der Waals surface area contributed by atoms with Gasteiger partial charge in [-0.15, -0.1) is 5.10 Å². The van der Waals surface area contributed by atoms with Crippen molar-refractivity contribution in [1.82, 2.24) is 15.5 Å². The van der Waals surface area contributed by atoms with Gasteiger partial charge in [-0.1, -0.05) is 18.9 Å². The highest BCUT2D eigenvalue weighted by Crippen LogP contribution is 2.30. The monoisotopic (exact) mass is 443 g/mol. The fraction of sp³-hybridized carbons (Fsp3) is 0.550. The van der Waals surface area contributed by atoms with Gasteiger partial charge in [-0.25, -0.2) is 0 Å².